The second-order valence-corrected chi connectivity index (χ2v) is 5.54. The Morgan fingerprint density at radius 1 is 1.18 bits per heavy atom. The zero-order valence-corrected chi connectivity index (χ0v) is 14.4. The Hall–Kier alpha value is -3.69. The summed E-state index contributed by atoms with van der Waals surface area (Å²) < 4.78 is 47.4. The van der Waals surface area contributed by atoms with Crippen LogP contribution in [0.4, 0.5) is 18.9 Å². The Morgan fingerprint density at radius 2 is 1.93 bits per heavy atom. The highest BCUT2D eigenvalue weighted by Gasteiger charge is 2.22. The molecule has 144 valence electrons. The highest BCUT2D eigenvalue weighted by molar-refractivity contribution is 5.91. The lowest BCUT2D eigenvalue weighted by molar-refractivity contribution is 0.0692. The van der Waals surface area contributed by atoms with Crippen LogP contribution in [0.1, 0.15) is 17.3 Å². The van der Waals surface area contributed by atoms with Gasteiger partial charge in [-0.3, -0.25) is 0 Å². The standard InChI is InChI=1S/C18H13F3N4O3/c1-2-28-17-10(19)5-8(7-23-17)13-6-9(18(26)27)14(20)15(24-13)12-4-3-11(22)16(21)25-12/h3-7H,2,22H2,1H3,(H,26,27). The molecule has 3 aromatic heterocycles. The predicted octanol–water partition coefficient (Wildman–Crippen LogP) is 3.30. The average Bonchev–Trinajstić information content (AvgIpc) is 2.66. The molecule has 0 radical (unpaired) electrons. The monoisotopic (exact) mass is 390 g/mol. The lowest BCUT2D eigenvalue weighted by atomic mass is 10.1. The van der Waals surface area contributed by atoms with Crippen LogP contribution in [0.3, 0.4) is 0 Å². The molecule has 0 saturated carbocycles. The Bertz CT molecular complexity index is 1080. The smallest absolute Gasteiger partial charge is 0.338 e. The van der Waals surface area contributed by atoms with Crippen LogP contribution < -0.4 is 10.5 Å². The molecule has 0 amide bonds. The number of rotatable bonds is 5. The van der Waals surface area contributed by atoms with Crippen molar-refractivity contribution in [1.29, 1.82) is 0 Å². The van der Waals surface area contributed by atoms with E-state index in [0.717, 1.165) is 18.2 Å². The van der Waals surface area contributed by atoms with Gasteiger partial charge in [0.15, 0.2) is 11.6 Å². The van der Waals surface area contributed by atoms with Crippen molar-refractivity contribution in [2.75, 3.05) is 12.3 Å². The van der Waals surface area contributed by atoms with Crippen LogP contribution in [0.15, 0.2) is 30.5 Å². The van der Waals surface area contributed by atoms with Gasteiger partial charge in [0.2, 0.25) is 11.8 Å². The molecule has 3 rings (SSSR count). The Labute approximate surface area is 156 Å². The van der Waals surface area contributed by atoms with Crippen molar-refractivity contribution < 1.29 is 27.8 Å². The Morgan fingerprint density at radius 3 is 2.54 bits per heavy atom. The van der Waals surface area contributed by atoms with Crippen LogP contribution in [0.25, 0.3) is 22.6 Å². The molecular weight excluding hydrogens is 377 g/mol. The molecule has 3 aromatic rings. The zero-order valence-electron chi connectivity index (χ0n) is 14.4. The van der Waals surface area contributed by atoms with E-state index in [1.54, 1.807) is 6.92 Å². The molecule has 0 aromatic carbocycles. The number of pyridine rings is 3. The Balaban J connectivity index is 2.20. The van der Waals surface area contributed by atoms with Crippen molar-refractivity contribution in [2.45, 2.75) is 6.92 Å². The first kappa shape index (κ1) is 19.1. The third-order valence-electron chi connectivity index (χ3n) is 3.69. The van der Waals surface area contributed by atoms with Crippen LogP contribution in [-0.4, -0.2) is 32.6 Å². The lowest BCUT2D eigenvalue weighted by Crippen LogP contribution is -2.07. The fourth-order valence-corrected chi connectivity index (χ4v) is 2.39. The second-order valence-electron chi connectivity index (χ2n) is 5.54. The molecular formula is C18H13F3N4O3. The number of hydrogen-bond acceptors (Lipinski definition) is 6. The topological polar surface area (TPSA) is 111 Å². The average molecular weight is 390 g/mol. The van der Waals surface area contributed by atoms with Crippen LogP contribution in [-0.2, 0) is 0 Å². The highest BCUT2D eigenvalue weighted by Crippen LogP contribution is 2.29. The number of hydrogen-bond donors (Lipinski definition) is 2. The summed E-state index contributed by atoms with van der Waals surface area (Å²) in [7, 11) is 0. The fourth-order valence-electron chi connectivity index (χ4n) is 2.39. The Kier molecular flexibility index (Phi) is 5.12. The molecule has 0 fully saturated rings. The first-order valence-electron chi connectivity index (χ1n) is 7.96. The van der Waals surface area contributed by atoms with E-state index in [9.17, 15) is 23.1 Å². The molecule has 28 heavy (non-hydrogen) atoms. The number of carboxylic acids is 1. The largest absolute Gasteiger partial charge is 0.478 e. The number of carboxylic acid groups (broad SMARTS) is 1. The quantitative estimate of drug-likeness (QED) is 0.643. The normalized spacial score (nSPS) is 10.7. The van der Waals surface area contributed by atoms with E-state index in [0.29, 0.717) is 0 Å². The summed E-state index contributed by atoms with van der Waals surface area (Å²) in [5.74, 6) is -4.91. The number of aromatic carboxylic acids is 1. The van der Waals surface area contributed by atoms with Gasteiger partial charge in [-0.25, -0.2) is 28.5 Å². The molecule has 0 unspecified atom stereocenters. The van der Waals surface area contributed by atoms with E-state index in [2.05, 4.69) is 15.0 Å². The third kappa shape index (κ3) is 3.56. The second kappa shape index (κ2) is 7.51. The number of carbonyl (C=O) groups is 1. The molecule has 0 saturated heterocycles. The van der Waals surface area contributed by atoms with Crippen LogP contribution in [0, 0.1) is 17.6 Å². The van der Waals surface area contributed by atoms with E-state index < -0.39 is 34.8 Å². The number of halogens is 3. The summed E-state index contributed by atoms with van der Waals surface area (Å²) in [6.07, 6.45) is 1.20. The molecule has 10 heteroatoms. The van der Waals surface area contributed by atoms with Crippen LogP contribution >= 0.6 is 0 Å². The lowest BCUT2D eigenvalue weighted by Gasteiger charge is -2.10. The number of nitrogen functional groups attached to an aromatic ring is 1. The summed E-state index contributed by atoms with van der Waals surface area (Å²) in [4.78, 5) is 22.7. The molecule has 0 atom stereocenters. The van der Waals surface area contributed by atoms with Crippen molar-refractivity contribution in [3.63, 3.8) is 0 Å². The molecule has 0 bridgehead atoms. The van der Waals surface area contributed by atoms with Gasteiger partial charge in [-0.1, -0.05) is 0 Å². The maximum absolute atomic E-state index is 14.6. The van der Waals surface area contributed by atoms with Gasteiger partial charge in [0.25, 0.3) is 0 Å². The summed E-state index contributed by atoms with van der Waals surface area (Å²) in [6.45, 7) is 1.85. The van der Waals surface area contributed by atoms with Crippen LogP contribution in [0.2, 0.25) is 0 Å². The summed E-state index contributed by atoms with van der Waals surface area (Å²) in [5, 5.41) is 9.28. The van der Waals surface area contributed by atoms with Gasteiger partial charge in [0.05, 0.1) is 29.2 Å². The predicted molar refractivity (Wildman–Crippen MR) is 93.1 cm³/mol. The van der Waals surface area contributed by atoms with Crippen molar-refractivity contribution in [3.8, 4) is 28.5 Å². The van der Waals surface area contributed by atoms with Gasteiger partial charge in [0, 0.05) is 11.8 Å². The van der Waals surface area contributed by atoms with E-state index >= 15 is 0 Å². The van der Waals surface area contributed by atoms with E-state index in [-0.39, 0.29) is 35.1 Å². The van der Waals surface area contributed by atoms with E-state index in [1.807, 2.05) is 0 Å². The first-order valence-corrected chi connectivity index (χ1v) is 7.96. The minimum atomic E-state index is -1.59. The van der Waals surface area contributed by atoms with Crippen molar-refractivity contribution >= 4 is 11.7 Å². The van der Waals surface area contributed by atoms with E-state index in [4.69, 9.17) is 10.5 Å². The number of ether oxygens (including phenoxy) is 1. The van der Waals surface area contributed by atoms with Crippen molar-refractivity contribution in [2.24, 2.45) is 0 Å². The van der Waals surface area contributed by atoms with Crippen LogP contribution in [0.5, 0.6) is 5.88 Å². The number of anilines is 1. The zero-order chi connectivity index (χ0) is 20.4. The van der Waals surface area contributed by atoms with Crippen molar-refractivity contribution in [3.05, 3.63) is 53.6 Å². The van der Waals surface area contributed by atoms with Crippen molar-refractivity contribution in [1.82, 2.24) is 15.0 Å². The summed E-state index contributed by atoms with van der Waals surface area (Å²) in [5.41, 5.74) is 3.52. The maximum atomic E-state index is 14.6. The fraction of sp³-hybridized carbons (Fsp3) is 0.111. The molecule has 0 aliphatic rings. The van der Waals surface area contributed by atoms with Gasteiger partial charge in [0.1, 0.15) is 5.69 Å². The molecule has 3 heterocycles. The SMILES string of the molecule is CCOc1ncc(-c2cc(C(=O)O)c(F)c(-c3ccc(N)c(F)n3)n2)cc1F. The summed E-state index contributed by atoms with van der Waals surface area (Å²) in [6, 6.07) is 4.27. The molecule has 0 aliphatic carbocycles. The first-order chi connectivity index (χ1) is 13.3. The highest BCUT2D eigenvalue weighted by atomic mass is 19.1. The molecule has 0 aliphatic heterocycles. The molecule has 0 spiro atoms. The van der Waals surface area contributed by atoms with Gasteiger partial charge in [-0.05, 0) is 31.2 Å². The number of nitrogens with two attached hydrogens (primary N) is 1. The number of aromatic nitrogens is 3. The molecule has 3 N–H and O–H groups in total. The van der Waals surface area contributed by atoms with Gasteiger partial charge in [-0.2, -0.15) is 4.39 Å². The molecule has 7 nitrogen and oxygen atoms in total. The summed E-state index contributed by atoms with van der Waals surface area (Å²) >= 11 is 0. The number of nitrogens with zero attached hydrogens (tertiary/aromatic N) is 3. The minimum absolute atomic E-state index is 0.0700. The maximum Gasteiger partial charge on any atom is 0.338 e. The minimum Gasteiger partial charge on any atom is -0.478 e. The van der Waals surface area contributed by atoms with Gasteiger partial charge in [-0.15, -0.1) is 0 Å². The van der Waals surface area contributed by atoms with Gasteiger partial charge < -0.3 is 15.6 Å². The van der Waals surface area contributed by atoms with E-state index in [1.165, 1.54) is 12.3 Å². The van der Waals surface area contributed by atoms with Gasteiger partial charge >= 0.3 is 5.97 Å². The third-order valence-corrected chi connectivity index (χ3v) is 3.69.